The largest absolute Gasteiger partial charge is 0.171 e. The molecule has 0 aliphatic rings. The number of hydrogen-bond acceptors (Lipinski definition) is 3. The number of hydrogen-bond donors (Lipinski definition) is 0. The van der Waals surface area contributed by atoms with Gasteiger partial charge in [-0.15, -0.1) is 10.2 Å². The lowest BCUT2D eigenvalue weighted by Crippen LogP contribution is -2.03. The summed E-state index contributed by atoms with van der Waals surface area (Å²) >= 11 is 0. The topological polar surface area (TPSA) is 43.6 Å². The minimum atomic E-state index is 0.658. The van der Waals surface area contributed by atoms with E-state index in [1.54, 1.807) is 4.80 Å². The van der Waals surface area contributed by atoms with Gasteiger partial charge in [-0.1, -0.05) is 36.4 Å². The maximum absolute atomic E-state index is 4.18. The molecule has 84 valence electrons. The smallest absolute Gasteiger partial charge is 0.160 e. The Bertz CT molecular complexity index is 657. The van der Waals surface area contributed by atoms with Crippen molar-refractivity contribution in [1.82, 2.24) is 20.2 Å². The van der Waals surface area contributed by atoms with Crippen LogP contribution in [0.4, 0.5) is 0 Å². The molecule has 17 heavy (non-hydrogen) atoms. The van der Waals surface area contributed by atoms with Crippen LogP contribution in [-0.2, 0) is 6.54 Å². The Morgan fingerprint density at radius 1 is 1.06 bits per heavy atom. The van der Waals surface area contributed by atoms with Crippen LogP contribution in [0.25, 0.3) is 10.8 Å². The Balaban J connectivity index is 1.95. The number of fused-ring (bicyclic) bond motifs is 1. The maximum Gasteiger partial charge on any atom is 0.171 e. The number of aryl methyl sites for hydroxylation is 1. The maximum atomic E-state index is 4.18. The van der Waals surface area contributed by atoms with E-state index >= 15 is 0 Å². The second kappa shape index (κ2) is 3.97. The van der Waals surface area contributed by atoms with Gasteiger partial charge in [-0.05, 0) is 34.5 Å². The van der Waals surface area contributed by atoms with Crippen molar-refractivity contribution in [2.24, 2.45) is 0 Å². The van der Waals surface area contributed by atoms with Gasteiger partial charge in [0.25, 0.3) is 0 Å². The quantitative estimate of drug-likeness (QED) is 0.670. The molecule has 2 aromatic carbocycles. The average molecular weight is 224 g/mol. The summed E-state index contributed by atoms with van der Waals surface area (Å²) < 4.78 is 0. The Hall–Kier alpha value is -2.23. The molecular weight excluding hydrogens is 212 g/mol. The van der Waals surface area contributed by atoms with Crippen LogP contribution in [0.3, 0.4) is 0 Å². The van der Waals surface area contributed by atoms with E-state index in [2.05, 4.69) is 45.7 Å². The summed E-state index contributed by atoms with van der Waals surface area (Å²) in [6, 6.07) is 14.7. The molecule has 0 spiro atoms. The van der Waals surface area contributed by atoms with Crippen molar-refractivity contribution in [1.29, 1.82) is 0 Å². The van der Waals surface area contributed by atoms with E-state index in [9.17, 15) is 0 Å². The van der Waals surface area contributed by atoms with E-state index in [-0.39, 0.29) is 0 Å². The van der Waals surface area contributed by atoms with Crippen LogP contribution < -0.4 is 0 Å². The number of nitrogens with zero attached hydrogens (tertiary/aromatic N) is 4. The van der Waals surface area contributed by atoms with E-state index in [1.807, 2.05) is 19.1 Å². The third kappa shape index (κ3) is 2.01. The van der Waals surface area contributed by atoms with Crippen molar-refractivity contribution in [2.45, 2.75) is 13.5 Å². The normalized spacial score (nSPS) is 10.9. The summed E-state index contributed by atoms with van der Waals surface area (Å²) in [5, 5.41) is 14.5. The first-order valence-electron chi connectivity index (χ1n) is 5.53. The van der Waals surface area contributed by atoms with Gasteiger partial charge in [-0.2, -0.15) is 4.80 Å². The van der Waals surface area contributed by atoms with Gasteiger partial charge < -0.3 is 0 Å². The molecule has 3 rings (SSSR count). The average Bonchev–Trinajstić information content (AvgIpc) is 2.75. The lowest BCUT2D eigenvalue weighted by molar-refractivity contribution is 0.571. The van der Waals surface area contributed by atoms with Gasteiger partial charge in [-0.25, -0.2) is 0 Å². The molecule has 0 saturated carbocycles. The molecule has 0 unspecified atom stereocenters. The van der Waals surface area contributed by atoms with Crippen molar-refractivity contribution >= 4 is 10.8 Å². The predicted octanol–water partition coefficient (Wildman–Crippen LogP) is 2.18. The minimum absolute atomic E-state index is 0.658. The molecule has 0 atom stereocenters. The van der Waals surface area contributed by atoms with E-state index < -0.39 is 0 Å². The molecule has 0 fully saturated rings. The molecule has 0 radical (unpaired) electrons. The van der Waals surface area contributed by atoms with Gasteiger partial charge in [0, 0.05) is 0 Å². The lowest BCUT2D eigenvalue weighted by atomic mass is 10.1. The summed E-state index contributed by atoms with van der Waals surface area (Å²) in [6.45, 7) is 2.50. The molecule has 0 amide bonds. The molecule has 0 N–H and O–H groups in total. The van der Waals surface area contributed by atoms with Crippen LogP contribution in [0, 0.1) is 6.92 Å². The summed E-state index contributed by atoms with van der Waals surface area (Å²) in [5.41, 5.74) is 1.18. The molecule has 4 nitrogen and oxygen atoms in total. The van der Waals surface area contributed by atoms with E-state index in [4.69, 9.17) is 0 Å². The number of aromatic nitrogens is 4. The highest BCUT2D eigenvalue weighted by Gasteiger charge is 2.00. The van der Waals surface area contributed by atoms with Crippen LogP contribution in [0.15, 0.2) is 42.5 Å². The van der Waals surface area contributed by atoms with Crippen LogP contribution >= 0.6 is 0 Å². The fourth-order valence-electron chi connectivity index (χ4n) is 1.89. The van der Waals surface area contributed by atoms with E-state index in [1.165, 1.54) is 16.3 Å². The third-order valence-corrected chi connectivity index (χ3v) is 2.69. The molecule has 0 aliphatic heterocycles. The summed E-state index contributed by atoms with van der Waals surface area (Å²) in [5.74, 6) is 0.700. The SMILES string of the molecule is Cc1nnn(Cc2ccc3ccccc3c2)n1. The third-order valence-electron chi connectivity index (χ3n) is 2.69. The number of tetrazole rings is 1. The van der Waals surface area contributed by atoms with Gasteiger partial charge in [0.05, 0.1) is 6.54 Å². The van der Waals surface area contributed by atoms with Gasteiger partial charge in [0.15, 0.2) is 5.82 Å². The molecule has 0 aliphatic carbocycles. The summed E-state index contributed by atoms with van der Waals surface area (Å²) in [7, 11) is 0. The van der Waals surface area contributed by atoms with Crippen molar-refractivity contribution in [3.05, 3.63) is 53.9 Å². The van der Waals surface area contributed by atoms with Crippen molar-refractivity contribution in [3.63, 3.8) is 0 Å². The number of benzene rings is 2. The zero-order valence-electron chi connectivity index (χ0n) is 9.54. The number of rotatable bonds is 2. The van der Waals surface area contributed by atoms with Crippen LogP contribution in [0.1, 0.15) is 11.4 Å². The fraction of sp³-hybridized carbons (Fsp3) is 0.154. The van der Waals surface area contributed by atoms with Crippen molar-refractivity contribution < 1.29 is 0 Å². The fourth-order valence-corrected chi connectivity index (χ4v) is 1.89. The molecule has 0 bridgehead atoms. The molecule has 0 saturated heterocycles. The Labute approximate surface area is 98.9 Å². The Morgan fingerprint density at radius 3 is 2.65 bits per heavy atom. The standard InChI is InChI=1S/C13H12N4/c1-10-14-16-17(15-10)9-11-6-7-12-4-2-3-5-13(12)8-11/h2-8H,9H2,1H3. The minimum Gasteiger partial charge on any atom is -0.160 e. The molecule has 1 heterocycles. The Kier molecular flexibility index (Phi) is 2.33. The summed E-state index contributed by atoms with van der Waals surface area (Å²) in [4.78, 5) is 1.61. The van der Waals surface area contributed by atoms with Crippen LogP contribution in [0.5, 0.6) is 0 Å². The highest BCUT2D eigenvalue weighted by molar-refractivity contribution is 5.82. The van der Waals surface area contributed by atoms with E-state index in [0.29, 0.717) is 12.4 Å². The molecule has 3 aromatic rings. The molecule has 4 heteroatoms. The van der Waals surface area contributed by atoms with Gasteiger partial charge in [0.1, 0.15) is 0 Å². The van der Waals surface area contributed by atoms with Gasteiger partial charge in [0.2, 0.25) is 0 Å². The van der Waals surface area contributed by atoms with Gasteiger partial charge >= 0.3 is 0 Å². The molecular formula is C13H12N4. The highest BCUT2D eigenvalue weighted by atomic mass is 15.6. The van der Waals surface area contributed by atoms with Crippen LogP contribution in [-0.4, -0.2) is 20.2 Å². The lowest BCUT2D eigenvalue weighted by Gasteiger charge is -2.02. The van der Waals surface area contributed by atoms with Crippen LogP contribution in [0.2, 0.25) is 0 Å². The molecule has 1 aromatic heterocycles. The second-order valence-corrected chi connectivity index (χ2v) is 4.05. The van der Waals surface area contributed by atoms with Crippen molar-refractivity contribution in [3.8, 4) is 0 Å². The predicted molar refractivity (Wildman–Crippen MR) is 65.6 cm³/mol. The first kappa shape index (κ1) is 9.96. The second-order valence-electron chi connectivity index (χ2n) is 4.05. The van der Waals surface area contributed by atoms with E-state index in [0.717, 1.165) is 0 Å². The summed E-state index contributed by atoms with van der Waals surface area (Å²) in [6.07, 6.45) is 0. The zero-order chi connectivity index (χ0) is 11.7. The first-order valence-corrected chi connectivity index (χ1v) is 5.53. The monoisotopic (exact) mass is 224 g/mol. The highest BCUT2D eigenvalue weighted by Crippen LogP contribution is 2.15. The van der Waals surface area contributed by atoms with Crippen molar-refractivity contribution in [2.75, 3.05) is 0 Å². The first-order chi connectivity index (χ1) is 8.31. The zero-order valence-corrected chi connectivity index (χ0v) is 9.54. The van der Waals surface area contributed by atoms with Gasteiger partial charge in [-0.3, -0.25) is 0 Å². The Morgan fingerprint density at radius 2 is 1.88 bits per heavy atom.